The number of para-hydroxylation sites is 1. The lowest BCUT2D eigenvalue weighted by atomic mass is 9.96. The van der Waals surface area contributed by atoms with Crippen molar-refractivity contribution in [1.29, 1.82) is 0 Å². The fourth-order valence-corrected chi connectivity index (χ4v) is 1.92. The SMILES string of the molecule is CO/C=C(/C(=O)O)c1ccccc1Oc1ncnc(C(C)(C)C)n1. The van der Waals surface area contributed by atoms with Crippen molar-refractivity contribution in [2.24, 2.45) is 0 Å². The number of aromatic nitrogens is 3. The van der Waals surface area contributed by atoms with Gasteiger partial charge < -0.3 is 14.6 Å². The number of rotatable bonds is 5. The van der Waals surface area contributed by atoms with E-state index in [1.165, 1.54) is 13.4 Å². The van der Waals surface area contributed by atoms with E-state index >= 15 is 0 Å². The molecular weight excluding hydrogens is 310 g/mol. The zero-order valence-electron chi connectivity index (χ0n) is 14.0. The van der Waals surface area contributed by atoms with E-state index < -0.39 is 5.97 Å². The van der Waals surface area contributed by atoms with E-state index in [0.717, 1.165) is 6.26 Å². The highest BCUT2D eigenvalue weighted by Crippen LogP contribution is 2.29. The van der Waals surface area contributed by atoms with E-state index in [0.29, 0.717) is 17.1 Å². The summed E-state index contributed by atoms with van der Waals surface area (Å²) in [5.41, 5.74) is 0.0747. The molecule has 1 N–H and O–H groups in total. The van der Waals surface area contributed by atoms with Gasteiger partial charge in [0, 0.05) is 11.0 Å². The minimum Gasteiger partial charge on any atom is -0.503 e. The maximum Gasteiger partial charge on any atom is 0.339 e. The zero-order valence-corrected chi connectivity index (χ0v) is 14.0. The van der Waals surface area contributed by atoms with Gasteiger partial charge in [0.25, 0.3) is 0 Å². The third kappa shape index (κ3) is 4.07. The van der Waals surface area contributed by atoms with Crippen molar-refractivity contribution in [3.05, 3.63) is 48.2 Å². The molecule has 1 heterocycles. The largest absolute Gasteiger partial charge is 0.503 e. The molecule has 0 aliphatic carbocycles. The van der Waals surface area contributed by atoms with Gasteiger partial charge in [0.1, 0.15) is 23.5 Å². The highest BCUT2D eigenvalue weighted by atomic mass is 16.5. The minimum atomic E-state index is -1.13. The van der Waals surface area contributed by atoms with Crippen LogP contribution < -0.4 is 4.74 Å². The number of hydrogen-bond acceptors (Lipinski definition) is 6. The van der Waals surface area contributed by atoms with Crippen molar-refractivity contribution in [2.75, 3.05) is 7.11 Å². The van der Waals surface area contributed by atoms with Crippen molar-refractivity contribution in [3.8, 4) is 11.8 Å². The van der Waals surface area contributed by atoms with Crippen molar-refractivity contribution in [3.63, 3.8) is 0 Å². The lowest BCUT2D eigenvalue weighted by molar-refractivity contribution is -0.130. The van der Waals surface area contributed by atoms with Crippen molar-refractivity contribution < 1.29 is 19.4 Å². The molecule has 0 atom stereocenters. The van der Waals surface area contributed by atoms with Gasteiger partial charge in [-0.3, -0.25) is 0 Å². The Morgan fingerprint density at radius 2 is 1.92 bits per heavy atom. The van der Waals surface area contributed by atoms with Crippen LogP contribution >= 0.6 is 0 Å². The van der Waals surface area contributed by atoms with Gasteiger partial charge in [0.2, 0.25) is 0 Å². The molecule has 126 valence electrons. The monoisotopic (exact) mass is 329 g/mol. The smallest absolute Gasteiger partial charge is 0.339 e. The van der Waals surface area contributed by atoms with E-state index in [4.69, 9.17) is 9.47 Å². The number of carboxylic acids is 1. The number of aliphatic carboxylic acids is 1. The van der Waals surface area contributed by atoms with E-state index in [2.05, 4.69) is 15.0 Å². The Labute approximate surface area is 140 Å². The number of ether oxygens (including phenoxy) is 2. The molecule has 1 aromatic carbocycles. The Bertz CT molecular complexity index is 766. The second-order valence-corrected chi connectivity index (χ2v) is 6.01. The first-order valence-electron chi connectivity index (χ1n) is 7.26. The molecule has 0 saturated carbocycles. The first-order valence-corrected chi connectivity index (χ1v) is 7.26. The van der Waals surface area contributed by atoms with E-state index in [-0.39, 0.29) is 17.0 Å². The molecule has 0 unspecified atom stereocenters. The molecule has 7 nitrogen and oxygen atoms in total. The van der Waals surface area contributed by atoms with Gasteiger partial charge in [0.15, 0.2) is 0 Å². The maximum absolute atomic E-state index is 11.4. The van der Waals surface area contributed by atoms with Gasteiger partial charge in [-0.2, -0.15) is 9.97 Å². The quantitative estimate of drug-likeness (QED) is 0.665. The summed E-state index contributed by atoms with van der Waals surface area (Å²) in [5.74, 6) is -0.232. The van der Waals surface area contributed by atoms with Crippen LogP contribution in [0.4, 0.5) is 0 Å². The third-order valence-electron chi connectivity index (χ3n) is 3.07. The summed E-state index contributed by atoms with van der Waals surface area (Å²) < 4.78 is 10.5. The number of carbonyl (C=O) groups is 1. The van der Waals surface area contributed by atoms with Crippen LogP contribution in [0.5, 0.6) is 11.8 Å². The van der Waals surface area contributed by atoms with E-state index in [1.54, 1.807) is 24.3 Å². The molecule has 0 radical (unpaired) electrons. The normalized spacial score (nSPS) is 11.9. The molecule has 0 saturated heterocycles. The number of nitrogens with zero attached hydrogens (tertiary/aromatic N) is 3. The van der Waals surface area contributed by atoms with Crippen LogP contribution in [0.15, 0.2) is 36.9 Å². The molecule has 0 amide bonds. The van der Waals surface area contributed by atoms with Gasteiger partial charge >= 0.3 is 12.0 Å². The van der Waals surface area contributed by atoms with Crippen LogP contribution in [0.1, 0.15) is 32.2 Å². The van der Waals surface area contributed by atoms with Gasteiger partial charge in [-0.05, 0) is 6.07 Å². The molecule has 0 bridgehead atoms. The molecule has 2 aromatic rings. The second kappa shape index (κ2) is 7.08. The second-order valence-electron chi connectivity index (χ2n) is 6.01. The van der Waals surface area contributed by atoms with Crippen molar-refractivity contribution in [1.82, 2.24) is 15.0 Å². The first-order chi connectivity index (χ1) is 11.3. The number of hydrogen-bond donors (Lipinski definition) is 1. The highest BCUT2D eigenvalue weighted by Gasteiger charge is 2.20. The Hall–Kier alpha value is -2.96. The molecule has 0 spiro atoms. The molecule has 24 heavy (non-hydrogen) atoms. The van der Waals surface area contributed by atoms with Crippen LogP contribution in [0, 0.1) is 0 Å². The Morgan fingerprint density at radius 1 is 1.21 bits per heavy atom. The first kappa shape index (κ1) is 17.4. The minimum absolute atomic E-state index is 0.0294. The van der Waals surface area contributed by atoms with E-state index in [1.807, 2.05) is 20.8 Å². The fourth-order valence-electron chi connectivity index (χ4n) is 1.92. The average Bonchev–Trinajstić information content (AvgIpc) is 2.53. The number of benzene rings is 1. The number of methoxy groups -OCH3 is 1. The van der Waals surface area contributed by atoms with Crippen LogP contribution in [-0.2, 0) is 14.9 Å². The predicted octanol–water partition coefficient (Wildman–Crippen LogP) is 3.03. The zero-order chi connectivity index (χ0) is 17.7. The third-order valence-corrected chi connectivity index (χ3v) is 3.07. The van der Waals surface area contributed by atoms with Gasteiger partial charge in [-0.15, -0.1) is 0 Å². The summed E-state index contributed by atoms with van der Waals surface area (Å²) in [4.78, 5) is 23.9. The molecule has 0 aliphatic rings. The lowest BCUT2D eigenvalue weighted by Crippen LogP contribution is -2.16. The predicted molar refractivity (Wildman–Crippen MR) is 87.7 cm³/mol. The molecule has 1 aromatic heterocycles. The Kier molecular flexibility index (Phi) is 5.13. The summed E-state index contributed by atoms with van der Waals surface area (Å²) in [6.45, 7) is 5.93. The summed E-state index contributed by atoms with van der Waals surface area (Å²) >= 11 is 0. The van der Waals surface area contributed by atoms with Crippen molar-refractivity contribution >= 4 is 11.5 Å². The average molecular weight is 329 g/mol. The molecule has 2 rings (SSSR count). The fraction of sp³-hybridized carbons (Fsp3) is 0.294. The molecule has 0 aliphatic heterocycles. The number of carboxylic acid groups (broad SMARTS) is 1. The Balaban J connectivity index is 2.42. The summed E-state index contributed by atoms with van der Waals surface area (Å²) in [5, 5.41) is 9.35. The van der Waals surface area contributed by atoms with Gasteiger partial charge in [-0.25, -0.2) is 9.78 Å². The standard InChI is InChI=1S/C17H19N3O4/c1-17(2,3)15-18-10-19-16(20-15)24-13-8-6-5-7-11(13)12(9-23-4)14(21)22/h5-10H,1-4H3,(H,21,22)/b12-9+. The Morgan fingerprint density at radius 3 is 2.54 bits per heavy atom. The maximum atomic E-state index is 11.4. The molecule has 7 heteroatoms. The van der Waals surface area contributed by atoms with Gasteiger partial charge in [0.05, 0.1) is 13.4 Å². The molecular formula is C17H19N3O4. The van der Waals surface area contributed by atoms with E-state index in [9.17, 15) is 9.90 Å². The highest BCUT2D eigenvalue weighted by molar-refractivity contribution is 6.15. The topological polar surface area (TPSA) is 94.4 Å². The summed E-state index contributed by atoms with van der Waals surface area (Å²) in [6, 6.07) is 6.81. The van der Waals surface area contributed by atoms with Crippen LogP contribution in [0.25, 0.3) is 5.57 Å². The van der Waals surface area contributed by atoms with Crippen LogP contribution in [0.3, 0.4) is 0 Å². The summed E-state index contributed by atoms with van der Waals surface area (Å²) in [7, 11) is 1.38. The van der Waals surface area contributed by atoms with Crippen LogP contribution in [0.2, 0.25) is 0 Å². The van der Waals surface area contributed by atoms with Crippen molar-refractivity contribution in [2.45, 2.75) is 26.2 Å². The van der Waals surface area contributed by atoms with Gasteiger partial charge in [-0.1, -0.05) is 39.0 Å². The van der Waals surface area contributed by atoms with Crippen LogP contribution in [-0.4, -0.2) is 33.1 Å². The summed E-state index contributed by atoms with van der Waals surface area (Å²) in [6.07, 6.45) is 2.52. The molecule has 0 fully saturated rings. The lowest BCUT2D eigenvalue weighted by Gasteiger charge is -2.16.